The molecule has 0 heterocycles. The first-order valence-electron chi connectivity index (χ1n) is 7.74. The maximum atomic E-state index is 14.1. The van der Waals surface area contributed by atoms with E-state index in [1.54, 1.807) is 24.3 Å². The lowest BCUT2D eigenvalue weighted by Gasteiger charge is -2.28. The van der Waals surface area contributed by atoms with Crippen molar-refractivity contribution in [2.75, 3.05) is 15.9 Å². The van der Waals surface area contributed by atoms with Crippen LogP contribution < -0.4 is 9.62 Å². The van der Waals surface area contributed by atoms with Gasteiger partial charge in [0.15, 0.2) is 0 Å². The number of benzene rings is 2. The summed E-state index contributed by atoms with van der Waals surface area (Å²) in [4.78, 5) is 12.5. The third-order valence-electron chi connectivity index (χ3n) is 3.68. The molecule has 0 unspecified atom stereocenters. The number of nitrogens with one attached hydrogen (secondary N) is 1. The summed E-state index contributed by atoms with van der Waals surface area (Å²) < 4.78 is 39.1. The van der Waals surface area contributed by atoms with E-state index in [-0.39, 0.29) is 12.1 Å². The van der Waals surface area contributed by atoms with Crippen LogP contribution in [-0.4, -0.2) is 26.6 Å². The van der Waals surface area contributed by atoms with Gasteiger partial charge in [-0.1, -0.05) is 24.3 Å². The standard InChI is InChI=1S/C18H18FN3O3S/c1-13(18(23)21-15-9-7-14(8-10-15)11-12-20)22(26(2,24)25)17-6-4-3-5-16(17)19/h3-10,13H,11H2,1-2H3,(H,21,23)/t13-/m1/s1. The summed E-state index contributed by atoms with van der Waals surface area (Å²) in [6.45, 7) is 1.38. The van der Waals surface area contributed by atoms with Gasteiger partial charge < -0.3 is 5.32 Å². The number of anilines is 2. The Bertz CT molecular complexity index is 937. The molecule has 0 aromatic heterocycles. The molecule has 136 valence electrons. The molecule has 0 fully saturated rings. The Balaban J connectivity index is 2.26. The molecule has 2 aromatic carbocycles. The van der Waals surface area contributed by atoms with Gasteiger partial charge in [-0.2, -0.15) is 5.26 Å². The van der Waals surface area contributed by atoms with Crippen molar-refractivity contribution in [3.63, 3.8) is 0 Å². The molecule has 6 nitrogen and oxygen atoms in total. The van der Waals surface area contributed by atoms with Gasteiger partial charge in [-0.3, -0.25) is 9.10 Å². The number of nitriles is 1. The Kier molecular flexibility index (Phi) is 5.95. The fourth-order valence-electron chi connectivity index (χ4n) is 2.46. The molecule has 1 atom stereocenters. The normalized spacial score (nSPS) is 12.1. The number of carbonyl (C=O) groups excluding carboxylic acids is 1. The predicted octanol–water partition coefficient (Wildman–Crippen LogP) is 2.68. The Morgan fingerprint density at radius 3 is 2.38 bits per heavy atom. The van der Waals surface area contributed by atoms with Crippen molar-refractivity contribution < 1.29 is 17.6 Å². The lowest BCUT2D eigenvalue weighted by molar-refractivity contribution is -0.116. The molecule has 1 N–H and O–H groups in total. The predicted molar refractivity (Wildman–Crippen MR) is 97.6 cm³/mol. The highest BCUT2D eigenvalue weighted by Gasteiger charge is 2.30. The molecule has 0 radical (unpaired) electrons. The fourth-order valence-corrected chi connectivity index (χ4v) is 3.63. The number of nitrogens with zero attached hydrogens (tertiary/aromatic N) is 2. The number of carbonyl (C=O) groups is 1. The number of halogens is 1. The summed E-state index contributed by atoms with van der Waals surface area (Å²) in [5, 5.41) is 11.3. The zero-order chi connectivity index (χ0) is 19.3. The zero-order valence-corrected chi connectivity index (χ0v) is 15.1. The average Bonchev–Trinajstić information content (AvgIpc) is 2.57. The maximum Gasteiger partial charge on any atom is 0.247 e. The smallest absolute Gasteiger partial charge is 0.247 e. The summed E-state index contributed by atoms with van der Waals surface area (Å²) >= 11 is 0. The van der Waals surface area contributed by atoms with Crippen LogP contribution in [0, 0.1) is 17.1 Å². The van der Waals surface area contributed by atoms with Gasteiger partial charge in [-0.25, -0.2) is 12.8 Å². The molecule has 0 saturated heterocycles. The summed E-state index contributed by atoms with van der Waals surface area (Å²) in [6.07, 6.45) is 1.17. The highest BCUT2D eigenvalue weighted by Crippen LogP contribution is 2.24. The van der Waals surface area contributed by atoms with Crippen LogP contribution >= 0.6 is 0 Å². The van der Waals surface area contributed by atoms with E-state index in [4.69, 9.17) is 5.26 Å². The first kappa shape index (κ1) is 19.4. The Hall–Kier alpha value is -2.92. The second-order valence-corrected chi connectivity index (χ2v) is 7.57. The Labute approximate surface area is 151 Å². The molecule has 8 heteroatoms. The van der Waals surface area contributed by atoms with Gasteiger partial charge in [0, 0.05) is 5.69 Å². The Morgan fingerprint density at radius 1 is 1.23 bits per heavy atom. The van der Waals surface area contributed by atoms with E-state index in [0.29, 0.717) is 5.69 Å². The zero-order valence-electron chi connectivity index (χ0n) is 14.3. The number of sulfonamides is 1. The minimum Gasteiger partial charge on any atom is -0.324 e. The van der Waals surface area contributed by atoms with Crippen LogP contribution in [0.15, 0.2) is 48.5 Å². The van der Waals surface area contributed by atoms with E-state index in [9.17, 15) is 17.6 Å². The minimum absolute atomic E-state index is 0.193. The first-order chi connectivity index (χ1) is 12.2. The first-order valence-corrected chi connectivity index (χ1v) is 9.59. The van der Waals surface area contributed by atoms with Crippen molar-refractivity contribution in [1.29, 1.82) is 5.26 Å². The fraction of sp³-hybridized carbons (Fsp3) is 0.222. The van der Waals surface area contributed by atoms with E-state index < -0.39 is 27.8 Å². The quantitative estimate of drug-likeness (QED) is 0.840. The van der Waals surface area contributed by atoms with Gasteiger partial charge in [-0.05, 0) is 36.8 Å². The van der Waals surface area contributed by atoms with Crippen molar-refractivity contribution in [2.45, 2.75) is 19.4 Å². The average molecular weight is 375 g/mol. The number of para-hydroxylation sites is 1. The number of hydrogen-bond acceptors (Lipinski definition) is 4. The Morgan fingerprint density at radius 2 is 1.85 bits per heavy atom. The van der Waals surface area contributed by atoms with Crippen LogP contribution in [0.3, 0.4) is 0 Å². The van der Waals surface area contributed by atoms with Crippen LogP contribution in [0.5, 0.6) is 0 Å². The molecule has 2 aromatic rings. The van der Waals surface area contributed by atoms with Crippen LogP contribution in [0.25, 0.3) is 0 Å². The monoisotopic (exact) mass is 375 g/mol. The molecule has 26 heavy (non-hydrogen) atoms. The maximum absolute atomic E-state index is 14.1. The van der Waals surface area contributed by atoms with Crippen LogP contribution in [0.2, 0.25) is 0 Å². The third kappa shape index (κ3) is 4.58. The van der Waals surface area contributed by atoms with Gasteiger partial charge in [0.25, 0.3) is 0 Å². The number of amides is 1. The third-order valence-corrected chi connectivity index (χ3v) is 4.91. The highest BCUT2D eigenvalue weighted by atomic mass is 32.2. The van der Waals surface area contributed by atoms with Crippen molar-refractivity contribution >= 4 is 27.3 Å². The second-order valence-electron chi connectivity index (χ2n) is 5.71. The van der Waals surface area contributed by atoms with E-state index in [2.05, 4.69) is 5.32 Å². The summed E-state index contributed by atoms with van der Waals surface area (Å²) in [7, 11) is -3.89. The van der Waals surface area contributed by atoms with Crippen LogP contribution in [-0.2, 0) is 21.2 Å². The van der Waals surface area contributed by atoms with E-state index in [1.165, 1.54) is 25.1 Å². The van der Waals surface area contributed by atoms with Crippen LogP contribution in [0.4, 0.5) is 15.8 Å². The van der Waals surface area contributed by atoms with E-state index in [1.807, 2.05) is 6.07 Å². The topological polar surface area (TPSA) is 90.3 Å². The summed E-state index contributed by atoms with van der Waals surface area (Å²) in [5.41, 5.74) is 1.05. The van der Waals surface area contributed by atoms with Crippen molar-refractivity contribution in [2.24, 2.45) is 0 Å². The highest BCUT2D eigenvalue weighted by molar-refractivity contribution is 7.92. The summed E-state index contributed by atoms with van der Waals surface area (Å²) in [6, 6.07) is 12.8. The SMILES string of the molecule is C[C@H](C(=O)Nc1ccc(CC#N)cc1)N(c1ccccc1F)S(C)(=O)=O. The van der Waals surface area contributed by atoms with Crippen LogP contribution in [0.1, 0.15) is 12.5 Å². The summed E-state index contributed by atoms with van der Waals surface area (Å²) in [5.74, 6) is -1.34. The van der Waals surface area contributed by atoms with Crippen molar-refractivity contribution in [3.05, 3.63) is 59.9 Å². The van der Waals surface area contributed by atoms with Gasteiger partial charge >= 0.3 is 0 Å². The van der Waals surface area contributed by atoms with Gasteiger partial charge in [0.05, 0.1) is 24.4 Å². The van der Waals surface area contributed by atoms with Crippen molar-refractivity contribution in [3.8, 4) is 6.07 Å². The lowest BCUT2D eigenvalue weighted by Crippen LogP contribution is -2.45. The lowest BCUT2D eigenvalue weighted by atomic mass is 10.1. The molecule has 0 aliphatic carbocycles. The minimum atomic E-state index is -3.89. The molecular weight excluding hydrogens is 357 g/mol. The molecular formula is C18H18FN3O3S. The van der Waals surface area contributed by atoms with Crippen molar-refractivity contribution in [1.82, 2.24) is 0 Å². The van der Waals surface area contributed by atoms with Gasteiger partial charge in [-0.15, -0.1) is 0 Å². The largest absolute Gasteiger partial charge is 0.324 e. The van der Waals surface area contributed by atoms with E-state index >= 15 is 0 Å². The van der Waals surface area contributed by atoms with Gasteiger partial charge in [0.2, 0.25) is 15.9 Å². The molecule has 1 amide bonds. The number of rotatable bonds is 6. The molecule has 0 aliphatic rings. The number of hydrogen-bond donors (Lipinski definition) is 1. The molecule has 0 saturated carbocycles. The molecule has 0 spiro atoms. The van der Waals surface area contributed by atoms with E-state index in [0.717, 1.165) is 22.2 Å². The second kappa shape index (κ2) is 7.97. The molecule has 0 aliphatic heterocycles. The van der Waals surface area contributed by atoms with Gasteiger partial charge in [0.1, 0.15) is 11.9 Å². The molecule has 0 bridgehead atoms. The molecule has 2 rings (SSSR count).